The molecule has 0 nitrogen and oxygen atoms in total. The van der Waals surface area contributed by atoms with Crippen LogP contribution in [0.1, 0.15) is 0 Å². The van der Waals surface area contributed by atoms with Crippen molar-refractivity contribution in [3.05, 3.63) is 59.1 Å². The SMILES string of the molecule is Brc1ccc(SSc2ccccc2)cc1. The Labute approximate surface area is 106 Å². The third kappa shape index (κ3) is 3.59. The summed E-state index contributed by atoms with van der Waals surface area (Å²) in [5.41, 5.74) is 0. The second-order valence-corrected chi connectivity index (χ2v) is 6.13. The molecule has 0 aliphatic rings. The van der Waals surface area contributed by atoms with E-state index in [9.17, 15) is 0 Å². The molecule has 0 aliphatic heterocycles. The first-order chi connectivity index (χ1) is 7.34. The third-order valence-electron chi connectivity index (χ3n) is 1.79. The molecule has 0 atom stereocenters. The second-order valence-electron chi connectivity index (χ2n) is 2.93. The summed E-state index contributed by atoms with van der Waals surface area (Å²) in [7, 11) is 3.56. The van der Waals surface area contributed by atoms with Gasteiger partial charge in [0.2, 0.25) is 0 Å². The molecule has 76 valence electrons. The normalized spacial score (nSPS) is 10.2. The molecule has 0 saturated heterocycles. The maximum Gasteiger partial charge on any atom is 0.0187 e. The minimum absolute atomic E-state index is 1.12. The van der Waals surface area contributed by atoms with Crippen molar-refractivity contribution < 1.29 is 0 Å². The summed E-state index contributed by atoms with van der Waals surface area (Å²) in [4.78, 5) is 2.55. The first kappa shape index (κ1) is 11.1. The molecule has 0 spiro atoms. The largest absolute Gasteiger partial charge is 0.0622 e. The maximum atomic E-state index is 3.43. The van der Waals surface area contributed by atoms with Gasteiger partial charge in [-0.2, -0.15) is 0 Å². The molecule has 0 bridgehead atoms. The lowest BCUT2D eigenvalue weighted by Gasteiger charge is -2.00. The average Bonchev–Trinajstić information content (AvgIpc) is 2.30. The number of halogens is 1. The molecule has 15 heavy (non-hydrogen) atoms. The number of hydrogen-bond donors (Lipinski definition) is 0. The van der Waals surface area contributed by atoms with Crippen molar-refractivity contribution in [3.8, 4) is 0 Å². The topological polar surface area (TPSA) is 0 Å². The van der Waals surface area contributed by atoms with E-state index in [0.717, 1.165) is 4.47 Å². The molecular formula is C12H9BrS2. The van der Waals surface area contributed by atoms with Crippen LogP contribution in [0, 0.1) is 0 Å². The van der Waals surface area contributed by atoms with Gasteiger partial charge in [-0.15, -0.1) is 0 Å². The Kier molecular flexibility index (Phi) is 4.18. The van der Waals surface area contributed by atoms with Crippen LogP contribution in [0.3, 0.4) is 0 Å². The summed E-state index contributed by atoms with van der Waals surface area (Å²) in [6, 6.07) is 18.8. The predicted octanol–water partition coefficient (Wildman–Crippen LogP) is 5.25. The number of benzene rings is 2. The van der Waals surface area contributed by atoms with Gasteiger partial charge in [-0.1, -0.05) is 55.7 Å². The Morgan fingerprint density at radius 3 is 1.80 bits per heavy atom. The lowest BCUT2D eigenvalue weighted by molar-refractivity contribution is 1.45. The van der Waals surface area contributed by atoms with Crippen LogP contribution in [-0.2, 0) is 0 Å². The Hall–Kier alpha value is -0.380. The standard InChI is InChI=1S/C12H9BrS2/c13-10-6-8-12(9-7-10)15-14-11-4-2-1-3-5-11/h1-9H. The van der Waals surface area contributed by atoms with E-state index >= 15 is 0 Å². The van der Waals surface area contributed by atoms with Crippen LogP contribution < -0.4 is 0 Å². The molecule has 2 aromatic carbocycles. The Balaban J connectivity index is 1.96. The molecule has 0 radical (unpaired) electrons. The Bertz CT molecular complexity index is 411. The molecule has 0 saturated carbocycles. The van der Waals surface area contributed by atoms with Gasteiger partial charge in [0.1, 0.15) is 0 Å². The molecule has 0 aromatic heterocycles. The molecule has 0 unspecified atom stereocenters. The first-order valence-corrected chi connectivity index (χ1v) is 7.44. The van der Waals surface area contributed by atoms with Crippen LogP contribution in [-0.4, -0.2) is 0 Å². The van der Waals surface area contributed by atoms with Gasteiger partial charge in [-0.05, 0) is 36.4 Å². The van der Waals surface area contributed by atoms with Gasteiger partial charge in [0.05, 0.1) is 0 Å². The van der Waals surface area contributed by atoms with Gasteiger partial charge >= 0.3 is 0 Å². The van der Waals surface area contributed by atoms with E-state index in [1.54, 1.807) is 21.6 Å². The van der Waals surface area contributed by atoms with Gasteiger partial charge in [0.15, 0.2) is 0 Å². The van der Waals surface area contributed by atoms with Crippen molar-refractivity contribution >= 4 is 37.5 Å². The Morgan fingerprint density at radius 1 is 0.667 bits per heavy atom. The van der Waals surface area contributed by atoms with Crippen LogP contribution in [0.5, 0.6) is 0 Å². The highest BCUT2D eigenvalue weighted by Gasteiger charge is 1.96. The monoisotopic (exact) mass is 296 g/mol. The van der Waals surface area contributed by atoms with E-state index in [0.29, 0.717) is 0 Å². The molecular weight excluding hydrogens is 288 g/mol. The summed E-state index contributed by atoms with van der Waals surface area (Å²) in [5, 5.41) is 0. The van der Waals surface area contributed by atoms with E-state index in [-0.39, 0.29) is 0 Å². The summed E-state index contributed by atoms with van der Waals surface area (Å²) in [5.74, 6) is 0. The average molecular weight is 297 g/mol. The van der Waals surface area contributed by atoms with Gasteiger partial charge in [-0.25, -0.2) is 0 Å². The third-order valence-corrected chi connectivity index (χ3v) is 4.74. The van der Waals surface area contributed by atoms with Crippen LogP contribution in [0.4, 0.5) is 0 Å². The van der Waals surface area contributed by atoms with Crippen LogP contribution in [0.15, 0.2) is 68.9 Å². The summed E-state index contributed by atoms with van der Waals surface area (Å²) >= 11 is 3.43. The summed E-state index contributed by atoms with van der Waals surface area (Å²) < 4.78 is 1.12. The van der Waals surface area contributed by atoms with Crippen molar-refractivity contribution in [3.63, 3.8) is 0 Å². The van der Waals surface area contributed by atoms with Gasteiger partial charge in [-0.3, -0.25) is 0 Å². The van der Waals surface area contributed by atoms with E-state index in [2.05, 4.69) is 64.5 Å². The minimum Gasteiger partial charge on any atom is -0.0622 e. The fraction of sp³-hybridized carbons (Fsp3) is 0. The van der Waals surface area contributed by atoms with Crippen molar-refractivity contribution in [2.24, 2.45) is 0 Å². The van der Waals surface area contributed by atoms with E-state index in [1.165, 1.54) is 9.79 Å². The zero-order valence-corrected chi connectivity index (χ0v) is 11.1. The smallest absolute Gasteiger partial charge is 0.0187 e. The molecule has 0 heterocycles. The van der Waals surface area contributed by atoms with Crippen molar-refractivity contribution in [1.29, 1.82) is 0 Å². The van der Waals surface area contributed by atoms with E-state index in [4.69, 9.17) is 0 Å². The lowest BCUT2D eigenvalue weighted by Crippen LogP contribution is -1.68. The molecule has 3 heteroatoms. The molecule has 0 N–H and O–H groups in total. The highest BCUT2D eigenvalue weighted by atomic mass is 79.9. The second kappa shape index (κ2) is 5.64. The Morgan fingerprint density at radius 2 is 1.20 bits per heavy atom. The summed E-state index contributed by atoms with van der Waals surface area (Å²) in [6.45, 7) is 0. The molecule has 0 aliphatic carbocycles. The molecule has 2 rings (SSSR count). The van der Waals surface area contributed by atoms with Gasteiger partial charge in [0, 0.05) is 14.3 Å². The molecule has 0 fully saturated rings. The van der Waals surface area contributed by atoms with E-state index < -0.39 is 0 Å². The van der Waals surface area contributed by atoms with Crippen molar-refractivity contribution in [2.45, 2.75) is 9.79 Å². The van der Waals surface area contributed by atoms with Crippen LogP contribution in [0.25, 0.3) is 0 Å². The van der Waals surface area contributed by atoms with Crippen molar-refractivity contribution in [2.75, 3.05) is 0 Å². The van der Waals surface area contributed by atoms with E-state index in [1.807, 2.05) is 6.07 Å². The molecule has 2 aromatic rings. The van der Waals surface area contributed by atoms with Gasteiger partial charge in [0.25, 0.3) is 0 Å². The first-order valence-electron chi connectivity index (χ1n) is 4.50. The van der Waals surface area contributed by atoms with Gasteiger partial charge < -0.3 is 0 Å². The van der Waals surface area contributed by atoms with Crippen LogP contribution in [0.2, 0.25) is 0 Å². The quantitative estimate of drug-likeness (QED) is 0.710. The zero-order chi connectivity index (χ0) is 10.5. The lowest BCUT2D eigenvalue weighted by atomic mass is 10.4. The maximum absolute atomic E-state index is 3.43. The zero-order valence-electron chi connectivity index (χ0n) is 7.89. The number of hydrogen-bond acceptors (Lipinski definition) is 2. The predicted molar refractivity (Wildman–Crippen MR) is 72.3 cm³/mol. The highest BCUT2D eigenvalue weighted by molar-refractivity contribution is 9.10. The number of rotatable bonds is 3. The summed E-state index contributed by atoms with van der Waals surface area (Å²) in [6.07, 6.45) is 0. The fourth-order valence-corrected chi connectivity index (χ4v) is 3.28. The fourth-order valence-electron chi connectivity index (χ4n) is 1.06. The minimum atomic E-state index is 1.12. The molecule has 0 amide bonds. The van der Waals surface area contributed by atoms with Crippen LogP contribution >= 0.6 is 37.5 Å². The van der Waals surface area contributed by atoms with Crippen molar-refractivity contribution in [1.82, 2.24) is 0 Å². The highest BCUT2D eigenvalue weighted by Crippen LogP contribution is 2.37.